The van der Waals surface area contributed by atoms with E-state index in [-0.39, 0.29) is 5.56 Å². The molecule has 0 fully saturated rings. The number of aromatic nitrogens is 6. The lowest BCUT2D eigenvalue weighted by atomic mass is 10.1. The summed E-state index contributed by atoms with van der Waals surface area (Å²) < 4.78 is 7.33. The van der Waals surface area contributed by atoms with Gasteiger partial charge in [-0.25, -0.2) is 4.98 Å². The minimum absolute atomic E-state index is 0.146. The van der Waals surface area contributed by atoms with Crippen molar-refractivity contribution in [3.63, 3.8) is 0 Å². The Morgan fingerprint density at radius 1 is 1.12 bits per heavy atom. The molecule has 5 rings (SSSR count). The summed E-state index contributed by atoms with van der Waals surface area (Å²) in [6.07, 6.45) is 0. The number of aromatic amines is 1. The molecule has 0 saturated heterocycles. The Balaban J connectivity index is 1.42. The van der Waals surface area contributed by atoms with Crippen molar-refractivity contribution >= 4 is 33.3 Å². The number of benzene rings is 2. The average Bonchev–Trinajstić information content (AvgIpc) is 3.46. The molecule has 32 heavy (non-hydrogen) atoms. The van der Waals surface area contributed by atoms with Crippen molar-refractivity contribution in [2.75, 3.05) is 6.61 Å². The van der Waals surface area contributed by atoms with Gasteiger partial charge in [-0.3, -0.25) is 4.79 Å². The van der Waals surface area contributed by atoms with Crippen LogP contribution in [0.5, 0.6) is 5.75 Å². The normalized spacial score (nSPS) is 11.2. The first kappa shape index (κ1) is 20.4. The van der Waals surface area contributed by atoms with Gasteiger partial charge >= 0.3 is 0 Å². The largest absolute Gasteiger partial charge is 0.492 e. The summed E-state index contributed by atoms with van der Waals surface area (Å²) >= 11 is 2.86. The van der Waals surface area contributed by atoms with Gasteiger partial charge in [-0.1, -0.05) is 54.2 Å². The molecule has 0 bridgehead atoms. The summed E-state index contributed by atoms with van der Waals surface area (Å²) in [5, 5.41) is 15.2. The minimum atomic E-state index is -0.146. The molecular formula is C22H18N6O2S2. The number of hydrogen-bond acceptors (Lipinski definition) is 8. The Labute approximate surface area is 191 Å². The van der Waals surface area contributed by atoms with Crippen LogP contribution in [0.3, 0.4) is 0 Å². The summed E-state index contributed by atoms with van der Waals surface area (Å²) in [6, 6.07) is 17.4. The predicted octanol–water partition coefficient (Wildman–Crippen LogP) is 4.32. The predicted molar refractivity (Wildman–Crippen MR) is 126 cm³/mol. The van der Waals surface area contributed by atoms with Crippen LogP contribution in [0.15, 0.2) is 69.9 Å². The van der Waals surface area contributed by atoms with E-state index >= 15 is 0 Å². The zero-order valence-corrected chi connectivity index (χ0v) is 18.7. The molecular weight excluding hydrogens is 444 g/mol. The highest BCUT2D eigenvalue weighted by molar-refractivity contribution is 7.98. The Kier molecular flexibility index (Phi) is 5.70. The van der Waals surface area contributed by atoms with Gasteiger partial charge in [-0.15, -0.1) is 16.4 Å². The standard InChI is InChI=1S/C22H18N6O2S2/c1-2-30-17-11-7-6-10-16(17)28-22(25-26-27-28)32-13-18-23-20(29)19-15(12-31-21(19)24-18)14-8-4-3-5-9-14/h3-12H,2,13H2,1H3,(H,23,24,29). The third-order valence-corrected chi connectivity index (χ3v) is 6.55. The van der Waals surface area contributed by atoms with Gasteiger partial charge in [0.05, 0.1) is 17.7 Å². The van der Waals surface area contributed by atoms with E-state index < -0.39 is 0 Å². The molecule has 3 aromatic heterocycles. The van der Waals surface area contributed by atoms with Crippen molar-refractivity contribution in [3.05, 3.63) is 76.2 Å². The SMILES string of the molecule is CCOc1ccccc1-n1nnnc1SCc1nc2scc(-c3ccccc3)c2c(=O)[nH]1. The molecule has 0 aliphatic heterocycles. The van der Waals surface area contributed by atoms with Crippen LogP contribution in [0.1, 0.15) is 12.7 Å². The number of H-pyrrole nitrogens is 1. The van der Waals surface area contributed by atoms with E-state index in [9.17, 15) is 4.79 Å². The fraction of sp³-hybridized carbons (Fsp3) is 0.136. The van der Waals surface area contributed by atoms with Gasteiger partial charge in [0.25, 0.3) is 5.56 Å². The van der Waals surface area contributed by atoms with Gasteiger partial charge in [-0.2, -0.15) is 4.68 Å². The molecule has 0 atom stereocenters. The summed E-state index contributed by atoms with van der Waals surface area (Å²) in [5.74, 6) is 1.69. The molecule has 0 saturated carbocycles. The average molecular weight is 463 g/mol. The smallest absolute Gasteiger partial charge is 0.260 e. The first-order valence-electron chi connectivity index (χ1n) is 9.93. The van der Waals surface area contributed by atoms with E-state index in [4.69, 9.17) is 4.74 Å². The Hall–Kier alpha value is -3.50. The Morgan fingerprint density at radius 2 is 1.94 bits per heavy atom. The second-order valence-electron chi connectivity index (χ2n) is 6.77. The fourth-order valence-electron chi connectivity index (χ4n) is 3.35. The highest BCUT2D eigenvalue weighted by Gasteiger charge is 2.16. The van der Waals surface area contributed by atoms with E-state index in [0.717, 1.165) is 16.8 Å². The van der Waals surface area contributed by atoms with Crippen molar-refractivity contribution in [2.24, 2.45) is 0 Å². The maximum Gasteiger partial charge on any atom is 0.260 e. The first-order chi connectivity index (χ1) is 15.7. The first-order valence-corrected chi connectivity index (χ1v) is 11.8. The molecule has 2 aromatic carbocycles. The maximum absolute atomic E-state index is 12.9. The van der Waals surface area contributed by atoms with Gasteiger partial charge in [0.15, 0.2) is 0 Å². The van der Waals surface area contributed by atoms with Crippen molar-refractivity contribution in [3.8, 4) is 22.6 Å². The third kappa shape index (κ3) is 3.90. The topological polar surface area (TPSA) is 98.6 Å². The number of nitrogens with zero attached hydrogens (tertiary/aromatic N) is 5. The molecule has 3 heterocycles. The van der Waals surface area contributed by atoms with E-state index in [1.807, 2.05) is 66.9 Å². The number of rotatable bonds is 7. The van der Waals surface area contributed by atoms with Crippen molar-refractivity contribution in [2.45, 2.75) is 17.8 Å². The number of hydrogen-bond donors (Lipinski definition) is 1. The van der Waals surface area contributed by atoms with Gasteiger partial charge < -0.3 is 9.72 Å². The maximum atomic E-state index is 12.9. The number of fused-ring (bicyclic) bond motifs is 1. The number of tetrazole rings is 1. The molecule has 0 aliphatic rings. The summed E-state index contributed by atoms with van der Waals surface area (Å²) in [7, 11) is 0. The Bertz CT molecular complexity index is 1430. The molecule has 0 amide bonds. The van der Waals surface area contributed by atoms with Crippen LogP contribution < -0.4 is 10.3 Å². The summed E-state index contributed by atoms with van der Waals surface area (Å²) in [5.41, 5.74) is 2.51. The van der Waals surface area contributed by atoms with Crippen LogP contribution in [0.2, 0.25) is 0 Å². The van der Waals surface area contributed by atoms with Crippen LogP contribution in [0.4, 0.5) is 0 Å². The van der Waals surface area contributed by atoms with E-state index in [2.05, 4.69) is 25.5 Å². The monoisotopic (exact) mass is 462 g/mol. The van der Waals surface area contributed by atoms with Gasteiger partial charge in [0, 0.05) is 10.9 Å². The molecule has 10 heteroatoms. The molecule has 5 aromatic rings. The number of para-hydroxylation sites is 2. The van der Waals surface area contributed by atoms with Crippen LogP contribution in [0.25, 0.3) is 27.0 Å². The molecule has 8 nitrogen and oxygen atoms in total. The zero-order valence-electron chi connectivity index (χ0n) is 17.1. The van der Waals surface area contributed by atoms with E-state index in [1.165, 1.54) is 23.1 Å². The minimum Gasteiger partial charge on any atom is -0.492 e. The lowest BCUT2D eigenvalue weighted by Crippen LogP contribution is -2.11. The van der Waals surface area contributed by atoms with E-state index in [0.29, 0.717) is 39.3 Å². The quantitative estimate of drug-likeness (QED) is 0.360. The van der Waals surface area contributed by atoms with E-state index in [1.54, 1.807) is 4.68 Å². The molecule has 160 valence electrons. The molecule has 1 N–H and O–H groups in total. The van der Waals surface area contributed by atoms with Gasteiger partial charge in [-0.05, 0) is 35.0 Å². The second-order valence-corrected chi connectivity index (χ2v) is 8.57. The molecule has 0 spiro atoms. The highest BCUT2D eigenvalue weighted by Crippen LogP contribution is 2.31. The molecule has 0 unspecified atom stereocenters. The van der Waals surface area contributed by atoms with Crippen LogP contribution in [-0.4, -0.2) is 36.8 Å². The zero-order chi connectivity index (χ0) is 21.9. The summed E-state index contributed by atoms with van der Waals surface area (Å²) in [6.45, 7) is 2.47. The lowest BCUT2D eigenvalue weighted by molar-refractivity contribution is 0.337. The lowest BCUT2D eigenvalue weighted by Gasteiger charge is -2.10. The van der Waals surface area contributed by atoms with Crippen LogP contribution >= 0.6 is 23.1 Å². The summed E-state index contributed by atoms with van der Waals surface area (Å²) in [4.78, 5) is 21.2. The number of thiophene rings is 1. The van der Waals surface area contributed by atoms with Gasteiger partial charge in [0.2, 0.25) is 5.16 Å². The molecule has 0 aliphatic carbocycles. The fourth-order valence-corrected chi connectivity index (χ4v) is 5.08. The Morgan fingerprint density at radius 3 is 2.78 bits per heavy atom. The van der Waals surface area contributed by atoms with Crippen molar-refractivity contribution < 1.29 is 4.74 Å². The number of thioether (sulfide) groups is 1. The highest BCUT2D eigenvalue weighted by atomic mass is 32.2. The van der Waals surface area contributed by atoms with Crippen molar-refractivity contribution in [1.29, 1.82) is 0 Å². The van der Waals surface area contributed by atoms with Crippen LogP contribution in [-0.2, 0) is 5.75 Å². The third-order valence-electron chi connectivity index (χ3n) is 4.75. The van der Waals surface area contributed by atoms with Crippen molar-refractivity contribution in [1.82, 2.24) is 30.2 Å². The van der Waals surface area contributed by atoms with Gasteiger partial charge in [0.1, 0.15) is 22.1 Å². The molecule has 0 radical (unpaired) electrons. The number of nitrogens with one attached hydrogen (secondary N) is 1. The van der Waals surface area contributed by atoms with Crippen LogP contribution in [0, 0.1) is 0 Å². The number of ether oxygens (including phenoxy) is 1. The second kappa shape index (κ2) is 8.93.